The first kappa shape index (κ1) is 13.1. The highest BCUT2D eigenvalue weighted by Crippen LogP contribution is 2.23. The van der Waals surface area contributed by atoms with E-state index < -0.39 is 0 Å². The van der Waals surface area contributed by atoms with E-state index >= 15 is 0 Å². The predicted octanol–water partition coefficient (Wildman–Crippen LogP) is 3.30. The normalized spacial score (nSPS) is 10.9. The molecule has 0 aliphatic carbocycles. The fraction of sp³-hybridized carbons (Fsp3) is 0.385. The summed E-state index contributed by atoms with van der Waals surface area (Å²) < 4.78 is 7.97. The highest BCUT2D eigenvalue weighted by atomic mass is 79.9. The van der Waals surface area contributed by atoms with Crippen molar-refractivity contribution in [3.8, 4) is 0 Å². The Bertz CT molecular complexity index is 584. The quantitative estimate of drug-likeness (QED) is 0.814. The molecule has 4 nitrogen and oxygen atoms in total. The maximum atomic E-state index is 12.2. The van der Waals surface area contributed by atoms with Gasteiger partial charge >= 0.3 is 0 Å². The van der Waals surface area contributed by atoms with Crippen LogP contribution in [-0.4, -0.2) is 15.6 Å². The minimum Gasteiger partial charge on any atom is -0.461 e. The van der Waals surface area contributed by atoms with Gasteiger partial charge in [0.25, 0.3) is 0 Å². The summed E-state index contributed by atoms with van der Waals surface area (Å²) in [5, 5.41) is 4.37. The number of rotatable bonds is 4. The lowest BCUT2D eigenvalue weighted by Gasteiger charge is -2.04. The number of aromatic nitrogens is 2. The number of aryl methyl sites for hydroxylation is 3. The Labute approximate surface area is 114 Å². The maximum absolute atomic E-state index is 12.2. The Morgan fingerprint density at radius 1 is 1.50 bits per heavy atom. The molecule has 0 bridgehead atoms. The molecule has 2 aromatic rings. The van der Waals surface area contributed by atoms with Gasteiger partial charge in [0.05, 0.1) is 28.5 Å². The van der Waals surface area contributed by atoms with Crippen LogP contribution < -0.4 is 0 Å². The lowest BCUT2D eigenvalue weighted by molar-refractivity contribution is 0.0963. The van der Waals surface area contributed by atoms with Gasteiger partial charge in [-0.15, -0.1) is 0 Å². The highest BCUT2D eigenvalue weighted by Gasteiger charge is 2.19. The number of furan rings is 1. The third kappa shape index (κ3) is 2.27. The minimum atomic E-state index is -0.0206. The molecule has 0 aliphatic rings. The first-order valence-corrected chi connectivity index (χ1v) is 6.63. The molecule has 2 aromatic heterocycles. The second-order valence-electron chi connectivity index (χ2n) is 4.19. The largest absolute Gasteiger partial charge is 0.461 e. The molecule has 96 valence electrons. The molecule has 18 heavy (non-hydrogen) atoms. The van der Waals surface area contributed by atoms with Crippen LogP contribution in [0.15, 0.2) is 21.2 Å². The van der Waals surface area contributed by atoms with Crippen LogP contribution in [0.25, 0.3) is 0 Å². The number of Topliss-reactive ketones (excluding diaryl/α,β-unsaturated/α-hetero) is 1. The molecule has 0 spiro atoms. The zero-order chi connectivity index (χ0) is 13.3. The fourth-order valence-electron chi connectivity index (χ4n) is 1.93. The number of ketones is 1. The molecule has 0 saturated heterocycles. The van der Waals surface area contributed by atoms with Gasteiger partial charge < -0.3 is 4.42 Å². The second kappa shape index (κ2) is 5.10. The zero-order valence-corrected chi connectivity index (χ0v) is 12.2. The van der Waals surface area contributed by atoms with E-state index in [4.69, 9.17) is 4.42 Å². The first-order valence-electron chi connectivity index (χ1n) is 5.83. The molecule has 0 aromatic carbocycles. The number of carbonyl (C=O) groups excluding carboxylic acids is 1. The Balaban J connectivity index is 2.30. The molecule has 0 N–H and O–H groups in total. The van der Waals surface area contributed by atoms with Crippen LogP contribution in [0.4, 0.5) is 0 Å². The molecule has 0 radical (unpaired) electrons. The average molecular weight is 311 g/mol. The van der Waals surface area contributed by atoms with Crippen LogP contribution in [-0.2, 0) is 13.0 Å². The molecule has 2 rings (SSSR count). The van der Waals surface area contributed by atoms with E-state index in [1.807, 2.05) is 25.5 Å². The molecule has 5 heteroatoms. The molecule has 0 fully saturated rings. The van der Waals surface area contributed by atoms with Crippen LogP contribution in [0, 0.1) is 13.8 Å². The van der Waals surface area contributed by atoms with Crippen molar-refractivity contribution >= 4 is 21.7 Å². The SMILES string of the molecule is CCn1nc(C)c(Br)c1CC(=O)c1occc1C. The number of hydrogen-bond acceptors (Lipinski definition) is 3. The lowest BCUT2D eigenvalue weighted by atomic mass is 10.1. The Morgan fingerprint density at radius 2 is 2.22 bits per heavy atom. The molecule has 0 unspecified atom stereocenters. The summed E-state index contributed by atoms with van der Waals surface area (Å²) in [5.74, 6) is 0.413. The zero-order valence-electron chi connectivity index (χ0n) is 10.7. The van der Waals surface area contributed by atoms with Gasteiger partial charge in [-0.1, -0.05) is 0 Å². The van der Waals surface area contributed by atoms with Gasteiger partial charge in [-0.3, -0.25) is 9.48 Å². The van der Waals surface area contributed by atoms with Gasteiger partial charge in [-0.05, 0) is 48.3 Å². The van der Waals surface area contributed by atoms with E-state index in [1.54, 1.807) is 12.3 Å². The summed E-state index contributed by atoms with van der Waals surface area (Å²) in [4.78, 5) is 12.2. The van der Waals surface area contributed by atoms with Crippen molar-refractivity contribution in [3.05, 3.63) is 39.5 Å². The standard InChI is InChI=1S/C13H15BrN2O2/c1-4-16-10(12(14)9(3)15-16)7-11(17)13-8(2)5-6-18-13/h5-6H,4,7H2,1-3H3. The van der Waals surface area contributed by atoms with E-state index in [1.165, 1.54) is 0 Å². The molecular weight excluding hydrogens is 296 g/mol. The van der Waals surface area contributed by atoms with Crippen molar-refractivity contribution in [2.45, 2.75) is 33.7 Å². The Kier molecular flexibility index (Phi) is 3.71. The van der Waals surface area contributed by atoms with Gasteiger partial charge in [0.2, 0.25) is 5.78 Å². The first-order chi connectivity index (χ1) is 8.54. The van der Waals surface area contributed by atoms with Gasteiger partial charge in [0.15, 0.2) is 5.76 Å². The molecule has 2 heterocycles. The fourth-order valence-corrected chi connectivity index (χ4v) is 2.35. The van der Waals surface area contributed by atoms with Gasteiger partial charge in [-0.2, -0.15) is 5.10 Å². The average Bonchev–Trinajstić information content (AvgIpc) is 2.87. The van der Waals surface area contributed by atoms with E-state index in [0.717, 1.165) is 28.0 Å². The number of hydrogen-bond donors (Lipinski definition) is 0. The van der Waals surface area contributed by atoms with Crippen molar-refractivity contribution in [3.63, 3.8) is 0 Å². The number of halogens is 1. The number of nitrogens with zero attached hydrogens (tertiary/aromatic N) is 2. The third-order valence-electron chi connectivity index (χ3n) is 2.90. The Morgan fingerprint density at radius 3 is 2.78 bits per heavy atom. The van der Waals surface area contributed by atoms with Crippen molar-refractivity contribution in [2.24, 2.45) is 0 Å². The molecule has 0 saturated carbocycles. The topological polar surface area (TPSA) is 48.0 Å². The maximum Gasteiger partial charge on any atom is 0.204 e. The summed E-state index contributed by atoms with van der Waals surface area (Å²) in [7, 11) is 0. The molecule has 0 atom stereocenters. The second-order valence-corrected chi connectivity index (χ2v) is 4.99. The van der Waals surface area contributed by atoms with Crippen molar-refractivity contribution in [1.29, 1.82) is 0 Å². The van der Waals surface area contributed by atoms with Crippen molar-refractivity contribution < 1.29 is 9.21 Å². The van der Waals surface area contributed by atoms with Crippen molar-refractivity contribution in [2.75, 3.05) is 0 Å². The van der Waals surface area contributed by atoms with Crippen LogP contribution in [0.5, 0.6) is 0 Å². The summed E-state index contributed by atoms with van der Waals surface area (Å²) in [6.07, 6.45) is 1.84. The summed E-state index contributed by atoms with van der Waals surface area (Å²) in [5.41, 5.74) is 2.67. The highest BCUT2D eigenvalue weighted by molar-refractivity contribution is 9.10. The summed E-state index contributed by atoms with van der Waals surface area (Å²) in [6.45, 7) is 6.54. The van der Waals surface area contributed by atoms with Crippen LogP contribution in [0.1, 0.15) is 34.4 Å². The van der Waals surface area contributed by atoms with Gasteiger partial charge in [-0.25, -0.2) is 0 Å². The smallest absolute Gasteiger partial charge is 0.204 e. The summed E-state index contributed by atoms with van der Waals surface area (Å²) in [6, 6.07) is 1.80. The summed E-state index contributed by atoms with van der Waals surface area (Å²) >= 11 is 3.49. The van der Waals surface area contributed by atoms with Crippen LogP contribution in [0.3, 0.4) is 0 Å². The van der Waals surface area contributed by atoms with E-state index in [-0.39, 0.29) is 5.78 Å². The van der Waals surface area contributed by atoms with E-state index in [2.05, 4.69) is 21.0 Å². The van der Waals surface area contributed by atoms with Crippen molar-refractivity contribution in [1.82, 2.24) is 9.78 Å². The predicted molar refractivity (Wildman–Crippen MR) is 71.8 cm³/mol. The minimum absolute atomic E-state index is 0.0206. The van der Waals surface area contributed by atoms with Gasteiger partial charge in [0, 0.05) is 6.54 Å². The number of carbonyl (C=O) groups is 1. The van der Waals surface area contributed by atoms with E-state index in [9.17, 15) is 4.79 Å². The lowest BCUT2D eigenvalue weighted by Crippen LogP contribution is -2.10. The molecule has 0 amide bonds. The third-order valence-corrected chi connectivity index (χ3v) is 3.93. The Hall–Kier alpha value is -1.36. The van der Waals surface area contributed by atoms with E-state index in [0.29, 0.717) is 12.2 Å². The molecule has 0 aliphatic heterocycles. The van der Waals surface area contributed by atoms with Gasteiger partial charge in [0.1, 0.15) is 0 Å². The molecular formula is C13H15BrN2O2. The van der Waals surface area contributed by atoms with Crippen LogP contribution in [0.2, 0.25) is 0 Å². The monoisotopic (exact) mass is 310 g/mol. The van der Waals surface area contributed by atoms with Crippen LogP contribution >= 0.6 is 15.9 Å².